The van der Waals surface area contributed by atoms with Gasteiger partial charge in [0.1, 0.15) is 0 Å². The molecule has 2 saturated heterocycles. The van der Waals surface area contributed by atoms with Gasteiger partial charge >= 0.3 is 0 Å². The van der Waals surface area contributed by atoms with Crippen LogP contribution in [-0.2, 0) is 9.53 Å². The first-order valence-electron chi connectivity index (χ1n) is 9.98. The van der Waals surface area contributed by atoms with E-state index in [0.29, 0.717) is 18.1 Å². The van der Waals surface area contributed by atoms with E-state index in [1.807, 2.05) is 6.92 Å². The van der Waals surface area contributed by atoms with Crippen LogP contribution in [0.25, 0.3) is 0 Å². The Kier molecular flexibility index (Phi) is 6.34. The molecule has 0 bridgehead atoms. The van der Waals surface area contributed by atoms with Gasteiger partial charge in [-0.2, -0.15) is 0 Å². The maximum absolute atomic E-state index is 12.9. The molecule has 3 aliphatic rings. The fourth-order valence-corrected chi connectivity index (χ4v) is 4.72. The van der Waals surface area contributed by atoms with Crippen molar-refractivity contribution in [1.82, 2.24) is 9.80 Å². The summed E-state index contributed by atoms with van der Waals surface area (Å²) in [4.78, 5) is 17.4. The zero-order valence-electron chi connectivity index (χ0n) is 15.5. The number of piperidine rings is 2. The molecule has 0 aromatic rings. The summed E-state index contributed by atoms with van der Waals surface area (Å²) in [5.41, 5.74) is 1.63. The Bertz CT molecular complexity index is 455. The third-order valence-electron chi connectivity index (χ3n) is 6.09. The molecule has 2 heterocycles. The van der Waals surface area contributed by atoms with E-state index in [2.05, 4.69) is 22.9 Å². The molecule has 24 heavy (non-hydrogen) atoms. The molecule has 4 nitrogen and oxygen atoms in total. The summed E-state index contributed by atoms with van der Waals surface area (Å²) in [5.74, 6) is 0.576. The van der Waals surface area contributed by atoms with E-state index < -0.39 is 0 Å². The molecule has 0 saturated carbocycles. The Morgan fingerprint density at radius 3 is 2.62 bits per heavy atom. The highest BCUT2D eigenvalue weighted by molar-refractivity contribution is 5.79. The van der Waals surface area contributed by atoms with Gasteiger partial charge in [0.05, 0.1) is 12.0 Å². The number of carbonyl (C=O) groups is 1. The van der Waals surface area contributed by atoms with Gasteiger partial charge in [0.2, 0.25) is 5.91 Å². The number of rotatable bonds is 4. The van der Waals surface area contributed by atoms with Crippen molar-refractivity contribution in [3.8, 4) is 0 Å². The van der Waals surface area contributed by atoms with Gasteiger partial charge in [0.25, 0.3) is 0 Å². The van der Waals surface area contributed by atoms with Gasteiger partial charge in [0, 0.05) is 32.3 Å². The Hall–Kier alpha value is -0.870. The third kappa shape index (κ3) is 4.20. The van der Waals surface area contributed by atoms with Crippen molar-refractivity contribution < 1.29 is 9.53 Å². The summed E-state index contributed by atoms with van der Waals surface area (Å²) in [6.07, 6.45) is 12.2. The first-order valence-corrected chi connectivity index (χ1v) is 9.98. The number of ether oxygens (including phenoxy) is 1. The molecular formula is C20H34N2O2. The minimum absolute atomic E-state index is 0.194. The predicted molar refractivity (Wildman–Crippen MR) is 96.9 cm³/mol. The lowest BCUT2D eigenvalue weighted by Gasteiger charge is -2.41. The summed E-state index contributed by atoms with van der Waals surface area (Å²) in [6.45, 7) is 5.50. The van der Waals surface area contributed by atoms with Gasteiger partial charge in [0.15, 0.2) is 0 Å². The van der Waals surface area contributed by atoms with Crippen LogP contribution in [0.1, 0.15) is 58.3 Å². The largest absolute Gasteiger partial charge is 0.378 e. The Balaban J connectivity index is 1.50. The molecule has 1 aliphatic carbocycles. The molecule has 0 N–H and O–H groups in total. The molecule has 0 spiro atoms. The Morgan fingerprint density at radius 2 is 2.00 bits per heavy atom. The monoisotopic (exact) mass is 334 g/mol. The first kappa shape index (κ1) is 17.9. The fourth-order valence-electron chi connectivity index (χ4n) is 4.72. The van der Waals surface area contributed by atoms with Gasteiger partial charge in [-0.15, -0.1) is 0 Å². The van der Waals surface area contributed by atoms with E-state index in [0.717, 1.165) is 51.9 Å². The van der Waals surface area contributed by atoms with Gasteiger partial charge in [-0.3, -0.25) is 9.69 Å². The maximum atomic E-state index is 12.9. The van der Waals surface area contributed by atoms with Crippen molar-refractivity contribution in [1.29, 1.82) is 0 Å². The number of hydrogen-bond donors (Lipinski definition) is 0. The topological polar surface area (TPSA) is 32.8 Å². The van der Waals surface area contributed by atoms with Crippen molar-refractivity contribution in [3.63, 3.8) is 0 Å². The molecule has 4 heteroatoms. The molecule has 136 valence electrons. The van der Waals surface area contributed by atoms with Crippen LogP contribution in [0.5, 0.6) is 0 Å². The summed E-state index contributed by atoms with van der Waals surface area (Å²) in [7, 11) is 2.21. The quantitative estimate of drug-likeness (QED) is 0.740. The molecule has 1 amide bonds. The van der Waals surface area contributed by atoms with Gasteiger partial charge in [-0.25, -0.2) is 0 Å². The van der Waals surface area contributed by atoms with E-state index in [1.54, 1.807) is 5.57 Å². The minimum atomic E-state index is 0.194. The number of likely N-dealkylation sites (N-methyl/N-ethyl adjacent to an activating group) is 1. The van der Waals surface area contributed by atoms with Crippen LogP contribution in [0.2, 0.25) is 0 Å². The lowest BCUT2D eigenvalue weighted by molar-refractivity contribution is -0.140. The number of likely N-dealkylation sites (tertiary alicyclic amines) is 2. The summed E-state index contributed by atoms with van der Waals surface area (Å²) < 4.78 is 5.70. The number of amides is 1. The Labute approximate surface area is 147 Å². The van der Waals surface area contributed by atoms with Crippen LogP contribution in [0.3, 0.4) is 0 Å². The van der Waals surface area contributed by atoms with E-state index in [-0.39, 0.29) is 5.92 Å². The summed E-state index contributed by atoms with van der Waals surface area (Å²) in [5, 5.41) is 0. The lowest BCUT2D eigenvalue weighted by atomic mass is 9.84. The molecule has 0 radical (unpaired) electrons. The lowest BCUT2D eigenvalue weighted by Crippen LogP contribution is -2.50. The first-order chi connectivity index (χ1) is 11.7. The smallest absolute Gasteiger partial charge is 0.226 e. The van der Waals surface area contributed by atoms with E-state index in [1.165, 1.54) is 25.7 Å². The second kappa shape index (κ2) is 8.48. The van der Waals surface area contributed by atoms with Crippen LogP contribution >= 0.6 is 0 Å². The van der Waals surface area contributed by atoms with Gasteiger partial charge in [-0.1, -0.05) is 11.6 Å². The second-order valence-corrected chi connectivity index (χ2v) is 7.73. The van der Waals surface area contributed by atoms with Gasteiger partial charge < -0.3 is 9.64 Å². The normalized spacial score (nSPS) is 30.2. The zero-order valence-corrected chi connectivity index (χ0v) is 15.5. The summed E-state index contributed by atoms with van der Waals surface area (Å²) in [6, 6.07) is 0.582. The molecular weight excluding hydrogens is 300 g/mol. The third-order valence-corrected chi connectivity index (χ3v) is 6.09. The van der Waals surface area contributed by atoms with Crippen molar-refractivity contribution in [2.24, 2.45) is 5.92 Å². The van der Waals surface area contributed by atoms with E-state index in [4.69, 9.17) is 4.74 Å². The summed E-state index contributed by atoms with van der Waals surface area (Å²) >= 11 is 0. The highest BCUT2D eigenvalue weighted by Gasteiger charge is 2.35. The van der Waals surface area contributed by atoms with Crippen molar-refractivity contribution in [2.75, 3.05) is 33.3 Å². The molecule has 0 aromatic heterocycles. The Morgan fingerprint density at radius 1 is 1.21 bits per heavy atom. The second-order valence-electron chi connectivity index (χ2n) is 7.73. The highest BCUT2D eigenvalue weighted by atomic mass is 16.5. The van der Waals surface area contributed by atoms with Gasteiger partial charge in [-0.05, 0) is 65.3 Å². The minimum Gasteiger partial charge on any atom is -0.378 e. The maximum Gasteiger partial charge on any atom is 0.226 e. The SMILES string of the molecule is CCOC1CCN(C(=O)C2CCC(C3=CCCCC3)N(C)C2)CC1. The molecule has 2 unspecified atom stereocenters. The zero-order chi connectivity index (χ0) is 16.9. The number of hydrogen-bond acceptors (Lipinski definition) is 3. The predicted octanol–water partition coefficient (Wildman–Crippen LogP) is 3.22. The molecule has 3 rings (SSSR count). The van der Waals surface area contributed by atoms with E-state index in [9.17, 15) is 4.79 Å². The molecule has 2 fully saturated rings. The van der Waals surface area contributed by atoms with Crippen molar-refractivity contribution in [2.45, 2.75) is 70.4 Å². The van der Waals surface area contributed by atoms with E-state index >= 15 is 0 Å². The van der Waals surface area contributed by atoms with Crippen LogP contribution < -0.4 is 0 Å². The van der Waals surface area contributed by atoms with Crippen LogP contribution in [0.15, 0.2) is 11.6 Å². The average Bonchev–Trinajstić information content (AvgIpc) is 2.63. The number of nitrogens with zero attached hydrogens (tertiary/aromatic N) is 2. The average molecular weight is 335 g/mol. The van der Waals surface area contributed by atoms with Crippen LogP contribution in [-0.4, -0.2) is 61.1 Å². The molecule has 0 aromatic carbocycles. The standard InChI is InChI=1S/C20H34N2O2/c1-3-24-18-11-13-22(14-12-18)20(23)17-9-10-19(21(2)15-17)16-7-5-4-6-8-16/h7,17-19H,3-6,8-15H2,1-2H3. The molecule has 2 atom stereocenters. The number of allylic oxidation sites excluding steroid dienone is 1. The number of carbonyl (C=O) groups excluding carboxylic acids is 1. The van der Waals surface area contributed by atoms with Crippen molar-refractivity contribution >= 4 is 5.91 Å². The highest BCUT2D eigenvalue weighted by Crippen LogP contribution is 2.31. The fraction of sp³-hybridized carbons (Fsp3) is 0.850. The van der Waals surface area contributed by atoms with Crippen molar-refractivity contribution in [3.05, 3.63) is 11.6 Å². The molecule has 2 aliphatic heterocycles. The van der Waals surface area contributed by atoms with Crippen LogP contribution in [0.4, 0.5) is 0 Å². The van der Waals surface area contributed by atoms with Crippen LogP contribution in [0, 0.1) is 5.92 Å².